The predicted molar refractivity (Wildman–Crippen MR) is 93.8 cm³/mol. The van der Waals surface area contributed by atoms with Gasteiger partial charge in [-0.15, -0.1) is 0 Å². The van der Waals surface area contributed by atoms with Crippen molar-refractivity contribution in [3.63, 3.8) is 0 Å². The predicted octanol–water partition coefficient (Wildman–Crippen LogP) is 4.70. The van der Waals surface area contributed by atoms with E-state index in [1.54, 1.807) is 0 Å². The van der Waals surface area contributed by atoms with Crippen LogP contribution in [-0.4, -0.2) is 23.2 Å². The van der Waals surface area contributed by atoms with Crippen molar-refractivity contribution in [2.45, 2.75) is 19.1 Å². The van der Waals surface area contributed by atoms with Crippen molar-refractivity contribution in [1.82, 2.24) is 4.98 Å². The maximum Gasteiger partial charge on any atom is 0.416 e. The van der Waals surface area contributed by atoms with Gasteiger partial charge in [0.15, 0.2) is 5.13 Å². The van der Waals surface area contributed by atoms with E-state index in [0.29, 0.717) is 19.5 Å². The molecule has 0 amide bonds. The summed E-state index contributed by atoms with van der Waals surface area (Å²) in [5, 5.41) is 9.93. The molecule has 0 aliphatic rings. The molecule has 2 aromatic carbocycles. The van der Waals surface area contributed by atoms with Crippen LogP contribution in [0.4, 0.5) is 18.3 Å². The molecule has 0 saturated carbocycles. The summed E-state index contributed by atoms with van der Waals surface area (Å²) in [6.45, 7) is 1.07. The number of fused-ring (bicyclic) bond motifs is 1. The number of rotatable bonds is 6. The van der Waals surface area contributed by atoms with Gasteiger partial charge in [0.2, 0.25) is 0 Å². The lowest BCUT2D eigenvalue weighted by molar-refractivity contribution is -0.137. The lowest BCUT2D eigenvalue weighted by Crippen LogP contribution is -2.24. The monoisotopic (exact) mass is 366 g/mol. The van der Waals surface area contributed by atoms with Gasteiger partial charge in [-0.05, 0) is 36.2 Å². The van der Waals surface area contributed by atoms with Crippen molar-refractivity contribution in [3.8, 4) is 0 Å². The average Bonchev–Trinajstić information content (AvgIpc) is 3.02. The van der Waals surface area contributed by atoms with Gasteiger partial charge in [-0.2, -0.15) is 13.2 Å². The molecule has 0 fully saturated rings. The summed E-state index contributed by atoms with van der Waals surface area (Å²) in [6.07, 6.45) is -3.77. The van der Waals surface area contributed by atoms with Crippen LogP contribution in [0.1, 0.15) is 17.5 Å². The van der Waals surface area contributed by atoms with Crippen molar-refractivity contribution in [2.24, 2.45) is 0 Å². The Balaban J connectivity index is 1.83. The second-order valence-corrected chi connectivity index (χ2v) is 6.67. The molecule has 3 aromatic rings. The van der Waals surface area contributed by atoms with Crippen LogP contribution in [-0.2, 0) is 12.7 Å². The molecule has 0 unspecified atom stereocenters. The molecule has 0 aliphatic carbocycles. The van der Waals surface area contributed by atoms with Crippen molar-refractivity contribution >= 4 is 26.7 Å². The summed E-state index contributed by atoms with van der Waals surface area (Å²) < 4.78 is 39.1. The van der Waals surface area contributed by atoms with Crippen molar-refractivity contribution in [1.29, 1.82) is 0 Å². The van der Waals surface area contributed by atoms with Crippen LogP contribution in [0.5, 0.6) is 0 Å². The Labute approximate surface area is 147 Å². The Morgan fingerprint density at radius 2 is 1.76 bits per heavy atom. The number of nitrogens with zero attached hydrogens (tertiary/aromatic N) is 2. The second-order valence-electron chi connectivity index (χ2n) is 5.66. The number of hydrogen-bond donors (Lipinski definition) is 1. The maximum atomic E-state index is 12.7. The number of halogens is 3. The Morgan fingerprint density at radius 1 is 1.04 bits per heavy atom. The third-order valence-electron chi connectivity index (χ3n) is 3.79. The summed E-state index contributed by atoms with van der Waals surface area (Å²) in [7, 11) is 0. The highest BCUT2D eigenvalue weighted by Gasteiger charge is 2.30. The van der Waals surface area contributed by atoms with Gasteiger partial charge in [0.1, 0.15) is 0 Å². The zero-order chi connectivity index (χ0) is 17.9. The van der Waals surface area contributed by atoms with E-state index in [1.807, 2.05) is 29.2 Å². The van der Waals surface area contributed by atoms with Crippen LogP contribution in [0.3, 0.4) is 0 Å². The first kappa shape index (κ1) is 17.7. The summed E-state index contributed by atoms with van der Waals surface area (Å²) in [6, 6.07) is 12.9. The van der Waals surface area contributed by atoms with Gasteiger partial charge in [-0.1, -0.05) is 35.6 Å². The molecule has 0 bridgehead atoms. The molecule has 0 aliphatic heterocycles. The lowest BCUT2D eigenvalue weighted by Gasteiger charge is -2.21. The second kappa shape index (κ2) is 7.41. The summed E-state index contributed by atoms with van der Waals surface area (Å²) in [5.41, 5.74) is 1.01. The molecule has 0 saturated heterocycles. The van der Waals surface area contributed by atoms with Crippen LogP contribution in [0.15, 0.2) is 48.5 Å². The molecule has 0 atom stereocenters. The largest absolute Gasteiger partial charge is 0.416 e. The van der Waals surface area contributed by atoms with E-state index in [4.69, 9.17) is 5.11 Å². The van der Waals surface area contributed by atoms with Crippen molar-refractivity contribution in [3.05, 3.63) is 59.7 Å². The topological polar surface area (TPSA) is 36.4 Å². The highest BCUT2D eigenvalue weighted by Crippen LogP contribution is 2.31. The number of aliphatic hydroxyl groups excluding tert-OH is 1. The fourth-order valence-electron chi connectivity index (χ4n) is 2.52. The van der Waals surface area contributed by atoms with Crippen LogP contribution in [0.25, 0.3) is 10.2 Å². The third-order valence-corrected chi connectivity index (χ3v) is 4.89. The fourth-order valence-corrected chi connectivity index (χ4v) is 3.51. The van der Waals surface area contributed by atoms with Crippen LogP contribution < -0.4 is 4.90 Å². The average molecular weight is 366 g/mol. The van der Waals surface area contributed by atoms with Crippen LogP contribution in [0, 0.1) is 0 Å². The maximum absolute atomic E-state index is 12.7. The minimum absolute atomic E-state index is 0.0500. The SMILES string of the molecule is OCCCN(Cc1ccc(C(F)(F)F)cc1)c1nc2ccccc2s1. The van der Waals surface area contributed by atoms with Crippen molar-refractivity contribution in [2.75, 3.05) is 18.1 Å². The van der Waals surface area contributed by atoms with E-state index in [-0.39, 0.29) is 6.61 Å². The lowest BCUT2D eigenvalue weighted by atomic mass is 10.1. The molecule has 25 heavy (non-hydrogen) atoms. The molecule has 1 aromatic heterocycles. The molecule has 3 nitrogen and oxygen atoms in total. The molecular formula is C18H17F3N2OS. The first-order valence-electron chi connectivity index (χ1n) is 7.85. The molecule has 0 spiro atoms. The highest BCUT2D eigenvalue weighted by atomic mass is 32.1. The van der Waals surface area contributed by atoms with Gasteiger partial charge in [0.05, 0.1) is 15.8 Å². The zero-order valence-corrected chi connectivity index (χ0v) is 14.1. The molecular weight excluding hydrogens is 349 g/mol. The fraction of sp³-hybridized carbons (Fsp3) is 0.278. The number of anilines is 1. The Kier molecular flexibility index (Phi) is 5.24. The third kappa shape index (κ3) is 4.29. The Hall–Kier alpha value is -2.12. The summed E-state index contributed by atoms with van der Waals surface area (Å²) >= 11 is 1.54. The minimum atomic E-state index is -4.33. The number of aromatic nitrogens is 1. The molecule has 1 heterocycles. The highest BCUT2D eigenvalue weighted by molar-refractivity contribution is 7.22. The molecule has 0 radical (unpaired) electrons. The quantitative estimate of drug-likeness (QED) is 0.687. The number of aliphatic hydroxyl groups is 1. The molecule has 3 rings (SSSR count). The van der Waals surface area contributed by atoms with E-state index in [2.05, 4.69) is 4.98 Å². The zero-order valence-electron chi connectivity index (χ0n) is 13.3. The Bertz CT molecular complexity index is 797. The van der Waals surface area contributed by atoms with E-state index in [1.165, 1.54) is 23.5 Å². The van der Waals surface area contributed by atoms with E-state index >= 15 is 0 Å². The molecule has 1 N–H and O–H groups in total. The molecule has 132 valence electrons. The van der Waals surface area contributed by atoms with Gasteiger partial charge >= 0.3 is 6.18 Å². The van der Waals surface area contributed by atoms with Crippen molar-refractivity contribution < 1.29 is 18.3 Å². The number of alkyl halides is 3. The van der Waals surface area contributed by atoms with Gasteiger partial charge in [-0.25, -0.2) is 4.98 Å². The van der Waals surface area contributed by atoms with Crippen LogP contribution >= 0.6 is 11.3 Å². The number of hydrogen-bond acceptors (Lipinski definition) is 4. The summed E-state index contributed by atoms with van der Waals surface area (Å²) in [4.78, 5) is 6.59. The molecule has 7 heteroatoms. The van der Waals surface area contributed by atoms with E-state index in [9.17, 15) is 13.2 Å². The first-order valence-corrected chi connectivity index (χ1v) is 8.66. The van der Waals surface area contributed by atoms with Gasteiger partial charge < -0.3 is 10.0 Å². The van der Waals surface area contributed by atoms with Crippen LogP contribution in [0.2, 0.25) is 0 Å². The Morgan fingerprint density at radius 3 is 2.40 bits per heavy atom. The van der Waals surface area contributed by atoms with Gasteiger partial charge in [0, 0.05) is 19.7 Å². The van der Waals surface area contributed by atoms with E-state index in [0.717, 1.165) is 33.0 Å². The van der Waals surface area contributed by atoms with Gasteiger partial charge in [0.25, 0.3) is 0 Å². The minimum Gasteiger partial charge on any atom is -0.396 e. The normalized spacial score (nSPS) is 11.8. The first-order chi connectivity index (χ1) is 12.0. The number of para-hydroxylation sites is 1. The van der Waals surface area contributed by atoms with E-state index < -0.39 is 11.7 Å². The number of thiazole rings is 1. The summed E-state index contributed by atoms with van der Waals surface area (Å²) in [5.74, 6) is 0. The van der Waals surface area contributed by atoms with Gasteiger partial charge in [-0.3, -0.25) is 0 Å². The smallest absolute Gasteiger partial charge is 0.396 e. The standard InChI is InChI=1S/C18H17F3N2OS/c19-18(20,21)14-8-6-13(7-9-14)12-23(10-3-11-24)17-22-15-4-1-2-5-16(15)25-17/h1-2,4-9,24H,3,10-12H2. The number of benzene rings is 2.